The van der Waals surface area contributed by atoms with E-state index < -0.39 is 0 Å². The largest absolute Gasteiger partial charge is 0.309 e. The Kier molecular flexibility index (Phi) is 5.23. The minimum atomic E-state index is 0.238. The van der Waals surface area contributed by atoms with Gasteiger partial charge in [-0.3, -0.25) is 4.98 Å². The van der Waals surface area contributed by atoms with E-state index in [-0.39, 0.29) is 5.41 Å². The van der Waals surface area contributed by atoms with Crippen molar-refractivity contribution >= 4 is 11.6 Å². The van der Waals surface area contributed by atoms with Crippen LogP contribution in [0.15, 0.2) is 24.5 Å². The Balaban J connectivity index is 2.51. The summed E-state index contributed by atoms with van der Waals surface area (Å²) in [4.78, 5) is 4.01. The highest BCUT2D eigenvalue weighted by molar-refractivity contribution is 6.17. The van der Waals surface area contributed by atoms with E-state index in [9.17, 15) is 0 Å². The number of alkyl halides is 1. The van der Waals surface area contributed by atoms with Crippen molar-refractivity contribution in [2.24, 2.45) is 5.41 Å². The van der Waals surface area contributed by atoms with Crippen LogP contribution >= 0.6 is 11.6 Å². The van der Waals surface area contributed by atoms with Gasteiger partial charge in [-0.25, -0.2) is 0 Å². The summed E-state index contributed by atoms with van der Waals surface area (Å²) in [6, 6.07) is 4.51. The molecule has 1 atom stereocenters. The summed E-state index contributed by atoms with van der Waals surface area (Å²) in [7, 11) is 0. The number of aromatic nitrogens is 1. The van der Waals surface area contributed by atoms with Crippen molar-refractivity contribution in [3.8, 4) is 0 Å². The van der Waals surface area contributed by atoms with Gasteiger partial charge in [0.25, 0.3) is 0 Å². The molecular formula is C13H21ClN2. The third kappa shape index (κ3) is 4.50. The third-order valence-corrected chi connectivity index (χ3v) is 2.96. The van der Waals surface area contributed by atoms with Crippen molar-refractivity contribution in [2.75, 3.05) is 5.88 Å². The van der Waals surface area contributed by atoms with E-state index in [0.29, 0.717) is 11.9 Å². The highest BCUT2D eigenvalue weighted by atomic mass is 35.5. The molecule has 2 nitrogen and oxygen atoms in total. The molecule has 0 fully saturated rings. The molecule has 90 valence electrons. The van der Waals surface area contributed by atoms with E-state index in [1.54, 1.807) is 0 Å². The van der Waals surface area contributed by atoms with Gasteiger partial charge in [0.1, 0.15) is 0 Å². The molecule has 3 heteroatoms. The van der Waals surface area contributed by atoms with E-state index >= 15 is 0 Å². The Morgan fingerprint density at radius 2 is 1.94 bits per heavy atom. The maximum absolute atomic E-state index is 5.83. The SMILES string of the molecule is CC(C)(C)C(CCCl)NCc1ccncc1. The topological polar surface area (TPSA) is 24.9 Å². The van der Waals surface area contributed by atoms with Crippen LogP contribution in [0.1, 0.15) is 32.8 Å². The van der Waals surface area contributed by atoms with Gasteiger partial charge in [0.05, 0.1) is 0 Å². The predicted molar refractivity (Wildman–Crippen MR) is 69.7 cm³/mol. The second kappa shape index (κ2) is 6.21. The van der Waals surface area contributed by atoms with Gasteiger partial charge in [-0.2, -0.15) is 0 Å². The van der Waals surface area contributed by atoms with Gasteiger partial charge in [-0.05, 0) is 29.5 Å². The van der Waals surface area contributed by atoms with E-state index in [4.69, 9.17) is 11.6 Å². The van der Waals surface area contributed by atoms with Gasteiger partial charge in [0.15, 0.2) is 0 Å². The molecule has 0 aliphatic carbocycles. The summed E-state index contributed by atoms with van der Waals surface area (Å²) >= 11 is 5.83. The monoisotopic (exact) mass is 240 g/mol. The first-order valence-electron chi connectivity index (χ1n) is 5.72. The number of rotatable bonds is 5. The molecule has 0 aliphatic rings. The average molecular weight is 241 g/mol. The molecule has 1 heterocycles. The lowest BCUT2D eigenvalue weighted by atomic mass is 9.85. The van der Waals surface area contributed by atoms with Crippen LogP contribution in [0.4, 0.5) is 0 Å². The molecule has 16 heavy (non-hydrogen) atoms. The number of nitrogens with zero attached hydrogens (tertiary/aromatic N) is 1. The summed E-state index contributed by atoms with van der Waals surface area (Å²) in [5, 5.41) is 3.56. The summed E-state index contributed by atoms with van der Waals surface area (Å²) in [6.45, 7) is 7.60. The molecule has 0 saturated carbocycles. The normalized spacial score (nSPS) is 13.8. The van der Waals surface area contributed by atoms with Crippen LogP contribution in [0.3, 0.4) is 0 Å². The Hall–Kier alpha value is -0.600. The van der Waals surface area contributed by atoms with E-state index in [0.717, 1.165) is 13.0 Å². The van der Waals surface area contributed by atoms with Crippen molar-refractivity contribution in [1.29, 1.82) is 0 Å². The molecule has 0 amide bonds. The second-order valence-electron chi connectivity index (χ2n) is 5.13. The minimum absolute atomic E-state index is 0.238. The molecule has 0 spiro atoms. The predicted octanol–water partition coefficient (Wildman–Crippen LogP) is 3.21. The Morgan fingerprint density at radius 1 is 1.31 bits per heavy atom. The van der Waals surface area contributed by atoms with Gasteiger partial charge in [-0.1, -0.05) is 20.8 Å². The smallest absolute Gasteiger partial charge is 0.0271 e. The van der Waals surface area contributed by atoms with Gasteiger partial charge in [0.2, 0.25) is 0 Å². The quantitative estimate of drug-likeness (QED) is 0.800. The third-order valence-electron chi connectivity index (χ3n) is 2.75. The van der Waals surface area contributed by atoms with Gasteiger partial charge >= 0.3 is 0 Å². The summed E-state index contributed by atoms with van der Waals surface area (Å²) in [5.41, 5.74) is 1.50. The molecule has 1 aromatic rings. The van der Waals surface area contributed by atoms with Crippen molar-refractivity contribution in [3.63, 3.8) is 0 Å². The highest BCUT2D eigenvalue weighted by Gasteiger charge is 2.23. The molecule has 0 aromatic carbocycles. The first-order valence-corrected chi connectivity index (χ1v) is 6.25. The molecule has 0 aliphatic heterocycles. The number of hydrogen-bond donors (Lipinski definition) is 1. The number of halogens is 1. The second-order valence-corrected chi connectivity index (χ2v) is 5.51. The van der Waals surface area contributed by atoms with E-state index in [1.807, 2.05) is 24.5 Å². The lowest BCUT2D eigenvalue weighted by Crippen LogP contribution is -2.40. The van der Waals surface area contributed by atoms with Crippen LogP contribution in [-0.4, -0.2) is 16.9 Å². The summed E-state index contributed by atoms with van der Waals surface area (Å²) in [5.74, 6) is 0.700. The van der Waals surface area contributed by atoms with Gasteiger partial charge in [-0.15, -0.1) is 11.6 Å². The van der Waals surface area contributed by atoms with Crippen molar-refractivity contribution in [2.45, 2.75) is 39.8 Å². The maximum Gasteiger partial charge on any atom is 0.0271 e. The molecule has 1 N–H and O–H groups in total. The van der Waals surface area contributed by atoms with Crippen LogP contribution in [0.25, 0.3) is 0 Å². The zero-order valence-corrected chi connectivity index (χ0v) is 11.1. The first kappa shape index (κ1) is 13.5. The van der Waals surface area contributed by atoms with E-state index in [1.165, 1.54) is 5.56 Å². The highest BCUT2D eigenvalue weighted by Crippen LogP contribution is 2.22. The van der Waals surface area contributed by atoms with Crippen molar-refractivity contribution in [3.05, 3.63) is 30.1 Å². The van der Waals surface area contributed by atoms with Crippen LogP contribution < -0.4 is 5.32 Å². The fraction of sp³-hybridized carbons (Fsp3) is 0.615. The molecule has 1 aromatic heterocycles. The maximum atomic E-state index is 5.83. The molecule has 0 saturated heterocycles. The lowest BCUT2D eigenvalue weighted by molar-refractivity contribution is 0.260. The standard InChI is InChI=1S/C13H21ClN2/c1-13(2,3)12(4-7-14)16-10-11-5-8-15-9-6-11/h5-6,8-9,12,16H,4,7,10H2,1-3H3. The lowest BCUT2D eigenvalue weighted by Gasteiger charge is -2.31. The van der Waals surface area contributed by atoms with Crippen LogP contribution in [-0.2, 0) is 6.54 Å². The summed E-state index contributed by atoms with van der Waals surface area (Å²) < 4.78 is 0. The Morgan fingerprint density at radius 3 is 2.44 bits per heavy atom. The van der Waals surface area contributed by atoms with Crippen LogP contribution in [0, 0.1) is 5.41 Å². The van der Waals surface area contributed by atoms with E-state index in [2.05, 4.69) is 31.1 Å². The fourth-order valence-electron chi connectivity index (χ4n) is 1.69. The zero-order valence-electron chi connectivity index (χ0n) is 10.3. The van der Waals surface area contributed by atoms with Crippen LogP contribution in [0.2, 0.25) is 0 Å². The minimum Gasteiger partial charge on any atom is -0.309 e. The Bertz CT molecular complexity index is 293. The van der Waals surface area contributed by atoms with Crippen molar-refractivity contribution in [1.82, 2.24) is 10.3 Å². The van der Waals surface area contributed by atoms with Gasteiger partial charge in [0, 0.05) is 30.9 Å². The first-order chi connectivity index (χ1) is 7.54. The number of pyridine rings is 1. The molecule has 1 unspecified atom stereocenters. The number of hydrogen-bond acceptors (Lipinski definition) is 2. The van der Waals surface area contributed by atoms with Crippen LogP contribution in [0.5, 0.6) is 0 Å². The Labute approximate surface area is 103 Å². The van der Waals surface area contributed by atoms with Gasteiger partial charge < -0.3 is 5.32 Å². The average Bonchev–Trinajstić information content (AvgIpc) is 2.24. The zero-order chi connectivity index (χ0) is 12.0. The fourth-order valence-corrected chi connectivity index (χ4v) is 1.91. The molecule has 0 radical (unpaired) electrons. The molecule has 1 rings (SSSR count). The summed E-state index contributed by atoms with van der Waals surface area (Å²) in [6.07, 6.45) is 4.64. The number of nitrogens with one attached hydrogen (secondary N) is 1. The molecular weight excluding hydrogens is 220 g/mol. The van der Waals surface area contributed by atoms with Crippen molar-refractivity contribution < 1.29 is 0 Å². The molecule has 0 bridgehead atoms.